The van der Waals surface area contributed by atoms with Crippen molar-refractivity contribution in [3.63, 3.8) is 0 Å². The Morgan fingerprint density at radius 1 is 1.12 bits per heavy atom. The molecule has 5 heteroatoms. The van der Waals surface area contributed by atoms with Gasteiger partial charge >= 0.3 is 0 Å². The number of hydrogen-bond acceptors (Lipinski definition) is 3. The maximum Gasteiger partial charge on any atom is 0.123 e. The van der Waals surface area contributed by atoms with E-state index in [0.717, 1.165) is 28.1 Å². The average Bonchev–Trinajstić information content (AvgIpc) is 3.04. The van der Waals surface area contributed by atoms with E-state index in [-0.39, 0.29) is 0 Å². The minimum Gasteiger partial charge on any atom is -0.496 e. The van der Waals surface area contributed by atoms with Crippen LogP contribution in [0.2, 0.25) is 0 Å². The maximum absolute atomic E-state index is 12.5. The molecule has 124 valence electrons. The van der Waals surface area contributed by atoms with Crippen LogP contribution in [0.4, 0.5) is 0 Å². The maximum atomic E-state index is 12.5. The minimum atomic E-state index is -1.02. The van der Waals surface area contributed by atoms with Crippen molar-refractivity contribution in [2.45, 2.75) is 18.4 Å². The summed E-state index contributed by atoms with van der Waals surface area (Å²) in [6, 6.07) is 15.8. The molecule has 3 aromatic rings. The Hall–Kier alpha value is -2.40. The zero-order valence-electron chi connectivity index (χ0n) is 13.8. The molecule has 0 unspecified atom stereocenters. The lowest BCUT2D eigenvalue weighted by atomic mass is 10.1. The molecule has 1 heterocycles. The molecular formula is C19H20N2O2S. The van der Waals surface area contributed by atoms with Gasteiger partial charge in [0.25, 0.3) is 0 Å². The van der Waals surface area contributed by atoms with Crippen molar-refractivity contribution in [2.24, 2.45) is 0 Å². The molecule has 0 aliphatic carbocycles. The minimum absolute atomic E-state index is 0.474. The Balaban J connectivity index is 1.70. The average molecular weight is 340 g/mol. The first-order chi connectivity index (χ1) is 11.7. The normalized spacial score (nSPS) is 12.1. The van der Waals surface area contributed by atoms with Crippen LogP contribution in [0.3, 0.4) is 0 Å². The predicted octanol–water partition coefficient (Wildman–Crippen LogP) is 3.64. The fourth-order valence-corrected chi connectivity index (χ4v) is 3.78. The molecule has 2 aromatic carbocycles. The molecule has 24 heavy (non-hydrogen) atoms. The van der Waals surface area contributed by atoms with Gasteiger partial charge in [-0.05, 0) is 25.1 Å². The van der Waals surface area contributed by atoms with Crippen molar-refractivity contribution in [2.75, 3.05) is 7.11 Å². The molecule has 0 radical (unpaired) electrons. The highest BCUT2D eigenvalue weighted by atomic mass is 32.2. The zero-order valence-corrected chi connectivity index (χ0v) is 14.6. The topological polar surface area (TPSA) is 44.1 Å². The van der Waals surface area contributed by atoms with Crippen LogP contribution in [0.5, 0.6) is 5.75 Å². The van der Waals surface area contributed by atoms with E-state index in [1.165, 1.54) is 0 Å². The van der Waals surface area contributed by atoms with E-state index in [1.54, 1.807) is 18.0 Å². The van der Waals surface area contributed by atoms with Crippen LogP contribution in [0.15, 0.2) is 60.9 Å². The molecule has 3 rings (SSSR count). The molecule has 0 amide bonds. The lowest BCUT2D eigenvalue weighted by Gasteiger charge is -2.09. The lowest BCUT2D eigenvalue weighted by Crippen LogP contribution is -2.01. The second-order valence-electron chi connectivity index (χ2n) is 5.67. The molecular weight excluding hydrogens is 320 g/mol. The van der Waals surface area contributed by atoms with Gasteiger partial charge < -0.3 is 4.74 Å². The largest absolute Gasteiger partial charge is 0.496 e. The fraction of sp³-hybridized carbons (Fsp3) is 0.211. The highest BCUT2D eigenvalue weighted by Crippen LogP contribution is 2.22. The number of hydrogen-bond donors (Lipinski definition) is 0. The summed E-state index contributed by atoms with van der Waals surface area (Å²) in [6.07, 6.45) is 3.71. The standard InChI is InChI=1S/C19H20N2O2S/c1-15-8-9-19(23-2)17(10-15)14-24(22)13-16-11-20-21(12-16)18-6-4-3-5-7-18/h3-12H,13-14H2,1-2H3/t24-/m0/s1. The number of aromatic nitrogens is 2. The van der Waals surface area contributed by atoms with Crippen LogP contribution < -0.4 is 4.74 Å². The number of methoxy groups -OCH3 is 1. The van der Waals surface area contributed by atoms with Gasteiger partial charge in [-0.3, -0.25) is 4.21 Å². The van der Waals surface area contributed by atoms with E-state index in [1.807, 2.05) is 61.7 Å². The number of nitrogens with zero attached hydrogens (tertiary/aromatic N) is 2. The second kappa shape index (κ2) is 7.45. The molecule has 0 spiro atoms. The molecule has 0 N–H and O–H groups in total. The molecule has 0 aliphatic rings. The summed E-state index contributed by atoms with van der Waals surface area (Å²) in [5, 5.41) is 4.35. The monoisotopic (exact) mass is 340 g/mol. The molecule has 0 saturated heterocycles. The molecule has 1 atom stereocenters. The molecule has 0 aliphatic heterocycles. The summed E-state index contributed by atoms with van der Waals surface area (Å²) in [5.41, 5.74) is 4.07. The van der Waals surface area contributed by atoms with Crippen molar-refractivity contribution in [1.82, 2.24) is 9.78 Å². The van der Waals surface area contributed by atoms with E-state index in [9.17, 15) is 4.21 Å². The van der Waals surface area contributed by atoms with Crippen LogP contribution in [-0.4, -0.2) is 21.1 Å². The molecule has 0 fully saturated rings. The van der Waals surface area contributed by atoms with Gasteiger partial charge in [-0.15, -0.1) is 0 Å². The Morgan fingerprint density at radius 2 is 1.92 bits per heavy atom. The van der Waals surface area contributed by atoms with Crippen molar-refractivity contribution >= 4 is 10.8 Å². The SMILES string of the molecule is COc1ccc(C)cc1C[S@@](=O)Cc1cnn(-c2ccccc2)c1. The first-order valence-electron chi connectivity index (χ1n) is 7.73. The van der Waals surface area contributed by atoms with Gasteiger partial charge in [-0.1, -0.05) is 35.9 Å². The van der Waals surface area contributed by atoms with E-state index in [2.05, 4.69) is 5.10 Å². The van der Waals surface area contributed by atoms with Gasteiger partial charge in [0.2, 0.25) is 0 Å². The smallest absolute Gasteiger partial charge is 0.123 e. The predicted molar refractivity (Wildman–Crippen MR) is 96.8 cm³/mol. The fourth-order valence-electron chi connectivity index (χ4n) is 2.59. The zero-order chi connectivity index (χ0) is 16.9. The summed E-state index contributed by atoms with van der Waals surface area (Å²) >= 11 is 0. The summed E-state index contributed by atoms with van der Waals surface area (Å²) < 4.78 is 19.7. The summed E-state index contributed by atoms with van der Waals surface area (Å²) in [5.74, 6) is 1.74. The van der Waals surface area contributed by atoms with Crippen molar-refractivity contribution in [3.8, 4) is 11.4 Å². The van der Waals surface area contributed by atoms with Crippen LogP contribution in [0, 0.1) is 6.92 Å². The van der Waals surface area contributed by atoms with Gasteiger partial charge in [-0.25, -0.2) is 4.68 Å². The highest BCUT2D eigenvalue weighted by molar-refractivity contribution is 7.83. The number of para-hydroxylation sites is 1. The number of rotatable bonds is 6. The van der Waals surface area contributed by atoms with Crippen LogP contribution in [0.25, 0.3) is 5.69 Å². The second-order valence-corrected chi connectivity index (χ2v) is 7.13. The Morgan fingerprint density at radius 3 is 2.67 bits per heavy atom. The van der Waals surface area contributed by atoms with E-state index >= 15 is 0 Å². The molecule has 0 bridgehead atoms. The summed E-state index contributed by atoms with van der Waals surface area (Å²) in [6.45, 7) is 2.02. The van der Waals surface area contributed by atoms with Gasteiger partial charge in [-0.2, -0.15) is 5.10 Å². The van der Waals surface area contributed by atoms with Gasteiger partial charge in [0.05, 0.1) is 30.5 Å². The third kappa shape index (κ3) is 3.92. The molecule has 0 saturated carbocycles. The van der Waals surface area contributed by atoms with E-state index in [4.69, 9.17) is 4.74 Å². The Bertz CT molecular complexity index is 844. The van der Waals surface area contributed by atoms with Crippen molar-refractivity contribution in [1.29, 1.82) is 0 Å². The summed E-state index contributed by atoms with van der Waals surface area (Å²) in [4.78, 5) is 0. The van der Waals surface area contributed by atoms with Crippen molar-refractivity contribution < 1.29 is 8.95 Å². The first kappa shape index (κ1) is 16.5. The van der Waals surface area contributed by atoms with Crippen LogP contribution in [-0.2, 0) is 22.3 Å². The van der Waals surface area contributed by atoms with Crippen LogP contribution in [0.1, 0.15) is 16.7 Å². The quantitative estimate of drug-likeness (QED) is 0.688. The molecule has 4 nitrogen and oxygen atoms in total. The third-order valence-electron chi connectivity index (χ3n) is 3.74. The summed E-state index contributed by atoms with van der Waals surface area (Å²) in [7, 11) is 0.621. The number of ether oxygens (including phenoxy) is 1. The lowest BCUT2D eigenvalue weighted by molar-refractivity contribution is 0.411. The van der Waals surface area contributed by atoms with Gasteiger partial charge in [0.15, 0.2) is 0 Å². The van der Waals surface area contributed by atoms with Crippen molar-refractivity contribution in [3.05, 3.63) is 77.6 Å². The highest BCUT2D eigenvalue weighted by Gasteiger charge is 2.10. The number of benzene rings is 2. The first-order valence-corrected chi connectivity index (χ1v) is 9.22. The van der Waals surface area contributed by atoms with E-state index in [0.29, 0.717) is 11.5 Å². The van der Waals surface area contributed by atoms with E-state index < -0.39 is 10.8 Å². The Labute approximate surface area is 144 Å². The van der Waals surface area contributed by atoms with Gasteiger partial charge in [0.1, 0.15) is 5.75 Å². The third-order valence-corrected chi connectivity index (χ3v) is 5.03. The Kier molecular flexibility index (Phi) is 5.11. The van der Waals surface area contributed by atoms with Crippen LogP contribution >= 0.6 is 0 Å². The van der Waals surface area contributed by atoms with Gasteiger partial charge in [0, 0.05) is 28.1 Å². The number of aryl methyl sites for hydroxylation is 1. The molecule has 1 aromatic heterocycles.